The summed E-state index contributed by atoms with van der Waals surface area (Å²) in [5.74, 6) is 0.316. The van der Waals surface area contributed by atoms with Crippen LogP contribution in [0.5, 0.6) is 0 Å². The van der Waals surface area contributed by atoms with Crippen molar-refractivity contribution in [2.75, 3.05) is 0 Å². The van der Waals surface area contributed by atoms with Crippen molar-refractivity contribution >= 4 is 35.9 Å². The van der Waals surface area contributed by atoms with Crippen molar-refractivity contribution < 1.29 is 4.79 Å². The zero-order valence-corrected chi connectivity index (χ0v) is 7.81. The molecule has 1 aliphatic rings. The molecular formula is C5H8INOS. The molecule has 1 fully saturated rings. The fraction of sp³-hybridized carbons (Fsp3) is 0.800. The van der Waals surface area contributed by atoms with Gasteiger partial charge in [-0.3, -0.25) is 4.79 Å². The molecule has 1 aliphatic carbocycles. The summed E-state index contributed by atoms with van der Waals surface area (Å²) in [7, 11) is 1.67. The quantitative estimate of drug-likeness (QED) is 0.716. The van der Waals surface area contributed by atoms with Gasteiger partial charge in [0.15, 0.2) is 0 Å². The number of carbonyl (C=O) groups excluding carboxylic acids is 1. The van der Waals surface area contributed by atoms with Gasteiger partial charge in [-0.1, -0.05) is 8.93 Å². The molecule has 0 aromatic rings. The van der Waals surface area contributed by atoms with Crippen LogP contribution in [0, 0.1) is 0 Å². The molecule has 0 spiro atoms. The summed E-state index contributed by atoms with van der Waals surface area (Å²) in [5.41, 5.74) is 5.63. The molecule has 0 radical (unpaired) electrons. The molecule has 1 unspecified atom stereocenters. The maximum absolute atomic E-state index is 10.7. The van der Waals surface area contributed by atoms with E-state index in [1.165, 1.54) is 0 Å². The van der Waals surface area contributed by atoms with E-state index >= 15 is 0 Å². The Kier molecular flexibility index (Phi) is 2.78. The minimum atomic E-state index is 0.111. The Balaban J connectivity index is 2.47. The van der Waals surface area contributed by atoms with Crippen LogP contribution in [0.2, 0.25) is 0 Å². The monoisotopic (exact) mass is 257 g/mol. The summed E-state index contributed by atoms with van der Waals surface area (Å²) < 4.78 is 0. The molecule has 0 aromatic carbocycles. The second-order valence-electron chi connectivity index (χ2n) is 2.24. The first kappa shape index (κ1) is 7.81. The number of carbonyl (C=O) groups is 1. The van der Waals surface area contributed by atoms with Gasteiger partial charge in [0, 0.05) is 24.1 Å². The second kappa shape index (κ2) is 3.21. The normalized spacial score (nSPS) is 35.6. The van der Waals surface area contributed by atoms with Crippen LogP contribution in [0.1, 0.15) is 12.8 Å². The van der Waals surface area contributed by atoms with Gasteiger partial charge in [0.05, 0.1) is 0 Å². The molecule has 0 aliphatic heterocycles. The standard InChI is InChI=1S/C5H8INOS/c6-9-5-2-3(8)1-4(5)7/h4-5H,1-2,7H2/t4?,5-/m1/s1. The zero-order valence-electron chi connectivity index (χ0n) is 4.84. The van der Waals surface area contributed by atoms with E-state index in [9.17, 15) is 4.79 Å². The highest BCUT2D eigenvalue weighted by molar-refractivity contribution is 14.2. The van der Waals surface area contributed by atoms with Gasteiger partial charge in [0.1, 0.15) is 5.78 Å². The van der Waals surface area contributed by atoms with Gasteiger partial charge in [-0.15, -0.1) is 0 Å². The van der Waals surface area contributed by atoms with Crippen LogP contribution in [-0.4, -0.2) is 17.1 Å². The minimum absolute atomic E-state index is 0.111. The van der Waals surface area contributed by atoms with Crippen molar-refractivity contribution in [3.8, 4) is 0 Å². The Labute approximate surface area is 70.5 Å². The summed E-state index contributed by atoms with van der Waals surface area (Å²) in [6.45, 7) is 0. The number of rotatable bonds is 1. The first-order chi connectivity index (χ1) is 4.24. The molecule has 0 bridgehead atoms. The van der Waals surface area contributed by atoms with Gasteiger partial charge in [-0.25, -0.2) is 0 Å². The van der Waals surface area contributed by atoms with E-state index in [0.717, 1.165) is 0 Å². The van der Waals surface area contributed by atoms with E-state index < -0.39 is 0 Å². The van der Waals surface area contributed by atoms with E-state index in [-0.39, 0.29) is 6.04 Å². The highest BCUT2D eigenvalue weighted by Gasteiger charge is 2.29. The van der Waals surface area contributed by atoms with E-state index in [0.29, 0.717) is 23.9 Å². The van der Waals surface area contributed by atoms with Gasteiger partial charge in [0.25, 0.3) is 0 Å². The maximum Gasteiger partial charge on any atom is 0.135 e. The van der Waals surface area contributed by atoms with Crippen LogP contribution >= 0.6 is 30.1 Å². The third kappa shape index (κ3) is 1.81. The predicted molar refractivity (Wildman–Crippen MR) is 47.6 cm³/mol. The van der Waals surface area contributed by atoms with Gasteiger partial charge in [-0.2, -0.15) is 0 Å². The first-order valence-corrected chi connectivity index (χ1v) is 6.21. The topological polar surface area (TPSA) is 43.1 Å². The van der Waals surface area contributed by atoms with Gasteiger partial charge in [-0.05, 0) is 21.2 Å². The number of hydrogen-bond acceptors (Lipinski definition) is 3. The highest BCUT2D eigenvalue weighted by Crippen LogP contribution is 2.30. The van der Waals surface area contributed by atoms with Crippen molar-refractivity contribution in [2.45, 2.75) is 24.1 Å². The molecule has 0 aromatic heterocycles. The Morgan fingerprint density at radius 3 is 2.56 bits per heavy atom. The number of halogens is 1. The summed E-state index contributed by atoms with van der Waals surface area (Å²) in [5, 5.41) is 0.373. The van der Waals surface area contributed by atoms with E-state index in [1.807, 2.05) is 0 Å². The maximum atomic E-state index is 10.7. The molecule has 1 saturated carbocycles. The third-order valence-electron chi connectivity index (χ3n) is 1.48. The number of nitrogens with two attached hydrogens (primary N) is 1. The van der Waals surface area contributed by atoms with Crippen molar-refractivity contribution in [2.24, 2.45) is 5.73 Å². The lowest BCUT2D eigenvalue weighted by molar-refractivity contribution is -0.117. The average molecular weight is 257 g/mol. The van der Waals surface area contributed by atoms with Gasteiger partial charge in [0.2, 0.25) is 0 Å². The number of hydrogen-bond donors (Lipinski definition) is 1. The molecule has 52 valence electrons. The van der Waals surface area contributed by atoms with Crippen LogP contribution in [0.3, 0.4) is 0 Å². The van der Waals surface area contributed by atoms with Crippen molar-refractivity contribution in [1.82, 2.24) is 0 Å². The molecule has 0 heterocycles. The minimum Gasteiger partial charge on any atom is -0.326 e. The fourth-order valence-corrected chi connectivity index (χ4v) is 3.10. The average Bonchev–Trinajstić information content (AvgIpc) is 2.10. The first-order valence-electron chi connectivity index (χ1n) is 2.78. The molecule has 4 heteroatoms. The lowest BCUT2D eigenvalue weighted by Crippen LogP contribution is -2.25. The lowest BCUT2D eigenvalue weighted by Gasteiger charge is -2.07. The molecule has 0 saturated heterocycles. The largest absolute Gasteiger partial charge is 0.326 e. The zero-order chi connectivity index (χ0) is 6.85. The van der Waals surface area contributed by atoms with Crippen molar-refractivity contribution in [3.05, 3.63) is 0 Å². The van der Waals surface area contributed by atoms with E-state index in [2.05, 4.69) is 21.2 Å². The van der Waals surface area contributed by atoms with E-state index in [1.54, 1.807) is 8.93 Å². The molecule has 9 heavy (non-hydrogen) atoms. The summed E-state index contributed by atoms with van der Waals surface area (Å²) in [6.07, 6.45) is 1.26. The number of Topliss-reactive ketones (excluding diaryl/α,β-unsaturated/α-hetero) is 1. The number of ketones is 1. The van der Waals surface area contributed by atoms with Crippen molar-refractivity contribution in [3.63, 3.8) is 0 Å². The van der Waals surface area contributed by atoms with Crippen LogP contribution in [-0.2, 0) is 4.79 Å². The van der Waals surface area contributed by atoms with Crippen LogP contribution in [0.4, 0.5) is 0 Å². The SMILES string of the molecule is NC1CC(=O)C[C@H]1SI. The summed E-state index contributed by atoms with van der Waals surface area (Å²) in [4.78, 5) is 10.7. The molecular weight excluding hydrogens is 249 g/mol. The van der Waals surface area contributed by atoms with Crippen LogP contribution < -0.4 is 5.73 Å². The second-order valence-corrected chi connectivity index (χ2v) is 4.55. The predicted octanol–water partition coefficient (Wildman–Crippen LogP) is 1.13. The third-order valence-corrected chi connectivity index (χ3v) is 4.19. The Morgan fingerprint density at radius 1 is 1.67 bits per heavy atom. The smallest absolute Gasteiger partial charge is 0.135 e. The van der Waals surface area contributed by atoms with Gasteiger partial charge >= 0.3 is 0 Å². The Bertz CT molecular complexity index is 130. The molecule has 0 amide bonds. The highest BCUT2D eigenvalue weighted by atomic mass is 127. The molecule has 1 rings (SSSR count). The van der Waals surface area contributed by atoms with Crippen LogP contribution in [0.15, 0.2) is 0 Å². The fourth-order valence-electron chi connectivity index (χ4n) is 0.951. The van der Waals surface area contributed by atoms with Crippen LogP contribution in [0.25, 0.3) is 0 Å². The lowest BCUT2D eigenvalue weighted by atomic mass is 10.3. The summed E-state index contributed by atoms with van der Waals surface area (Å²) >= 11 is 2.20. The summed E-state index contributed by atoms with van der Waals surface area (Å²) in [6, 6.07) is 0.111. The Hall–Kier alpha value is 0.710. The van der Waals surface area contributed by atoms with Crippen molar-refractivity contribution in [1.29, 1.82) is 0 Å². The molecule has 2 N–H and O–H groups in total. The van der Waals surface area contributed by atoms with Gasteiger partial charge < -0.3 is 5.73 Å². The Morgan fingerprint density at radius 2 is 2.33 bits per heavy atom. The molecule has 2 atom stereocenters. The van der Waals surface area contributed by atoms with E-state index in [4.69, 9.17) is 5.73 Å². The molecule has 2 nitrogen and oxygen atoms in total.